The highest BCUT2D eigenvalue weighted by molar-refractivity contribution is 5.74. The van der Waals surface area contributed by atoms with Crippen LogP contribution >= 0.6 is 0 Å². The van der Waals surface area contributed by atoms with Gasteiger partial charge in [0.05, 0.1) is 6.04 Å². The van der Waals surface area contributed by atoms with Crippen LogP contribution in [0.25, 0.3) is 0 Å². The molecule has 0 bridgehead atoms. The number of hydrogen-bond donors (Lipinski definition) is 2. The van der Waals surface area contributed by atoms with Crippen LogP contribution in [0.4, 0.5) is 4.79 Å². The van der Waals surface area contributed by atoms with E-state index in [1.54, 1.807) is 0 Å². The molecule has 6 heteroatoms. The summed E-state index contributed by atoms with van der Waals surface area (Å²) in [6, 6.07) is 8.46. The van der Waals surface area contributed by atoms with Crippen LogP contribution < -0.4 is 10.6 Å². The van der Waals surface area contributed by atoms with Crippen molar-refractivity contribution >= 4 is 6.03 Å². The third-order valence-electron chi connectivity index (χ3n) is 6.25. The molecule has 6 nitrogen and oxygen atoms in total. The second-order valence-corrected chi connectivity index (χ2v) is 8.71. The number of carbonyl (C=O) groups is 1. The van der Waals surface area contributed by atoms with Gasteiger partial charge in [0.15, 0.2) is 0 Å². The highest BCUT2D eigenvalue weighted by Gasteiger charge is 2.32. The first kappa shape index (κ1) is 19.0. The molecule has 1 atom stereocenters. The number of benzene rings is 1. The molecule has 28 heavy (non-hydrogen) atoms. The van der Waals surface area contributed by atoms with E-state index in [4.69, 9.17) is 0 Å². The van der Waals surface area contributed by atoms with Crippen molar-refractivity contribution in [1.82, 2.24) is 25.4 Å². The van der Waals surface area contributed by atoms with Crippen LogP contribution in [0.1, 0.15) is 74.8 Å². The summed E-state index contributed by atoms with van der Waals surface area (Å²) in [5.74, 6) is 2.08. The van der Waals surface area contributed by atoms with Crippen molar-refractivity contribution in [2.24, 2.45) is 0 Å². The molecule has 0 saturated heterocycles. The summed E-state index contributed by atoms with van der Waals surface area (Å²) in [6.07, 6.45) is 7.40. The summed E-state index contributed by atoms with van der Waals surface area (Å²) in [6.45, 7) is 6.13. The van der Waals surface area contributed by atoms with Crippen LogP contribution in [0.15, 0.2) is 24.3 Å². The van der Waals surface area contributed by atoms with Crippen LogP contribution in [0, 0.1) is 0 Å². The Balaban J connectivity index is 1.33. The molecule has 0 saturated carbocycles. The van der Waals surface area contributed by atoms with Crippen molar-refractivity contribution < 1.29 is 4.79 Å². The second-order valence-electron chi connectivity index (χ2n) is 8.71. The van der Waals surface area contributed by atoms with Gasteiger partial charge in [-0.3, -0.25) is 0 Å². The minimum atomic E-state index is -0.102. The van der Waals surface area contributed by atoms with Crippen molar-refractivity contribution in [3.63, 3.8) is 0 Å². The smallest absolute Gasteiger partial charge is 0.315 e. The number of nitrogens with one attached hydrogen (secondary N) is 2. The predicted molar refractivity (Wildman–Crippen MR) is 109 cm³/mol. The van der Waals surface area contributed by atoms with Gasteiger partial charge in [0.2, 0.25) is 0 Å². The van der Waals surface area contributed by atoms with Gasteiger partial charge in [-0.2, -0.15) is 0 Å². The van der Waals surface area contributed by atoms with E-state index in [0.717, 1.165) is 37.5 Å². The van der Waals surface area contributed by atoms with Crippen molar-refractivity contribution in [2.75, 3.05) is 6.54 Å². The highest BCUT2D eigenvalue weighted by atomic mass is 16.2. The molecule has 2 amide bonds. The van der Waals surface area contributed by atoms with Crippen LogP contribution in [0.5, 0.6) is 0 Å². The molecule has 1 aromatic heterocycles. The van der Waals surface area contributed by atoms with E-state index in [2.05, 4.69) is 63.5 Å². The van der Waals surface area contributed by atoms with Gasteiger partial charge in [-0.1, -0.05) is 44.5 Å². The number of amides is 2. The summed E-state index contributed by atoms with van der Waals surface area (Å²) < 4.78 is 2.24. The van der Waals surface area contributed by atoms with Gasteiger partial charge in [0.25, 0.3) is 0 Å². The molecule has 2 heterocycles. The molecule has 150 valence electrons. The zero-order valence-corrected chi connectivity index (χ0v) is 17.0. The van der Waals surface area contributed by atoms with E-state index in [0.29, 0.717) is 13.0 Å². The van der Waals surface area contributed by atoms with E-state index < -0.39 is 0 Å². The first-order chi connectivity index (χ1) is 13.5. The Hall–Kier alpha value is -2.37. The third kappa shape index (κ3) is 3.91. The fourth-order valence-electron chi connectivity index (χ4n) is 4.59. The van der Waals surface area contributed by atoms with Crippen LogP contribution in [-0.4, -0.2) is 27.3 Å². The molecular weight excluding hydrogens is 350 g/mol. The fraction of sp³-hybridized carbons (Fsp3) is 0.591. The fourth-order valence-corrected chi connectivity index (χ4v) is 4.59. The van der Waals surface area contributed by atoms with Gasteiger partial charge in [-0.25, -0.2) is 4.79 Å². The number of aromatic nitrogens is 3. The number of aryl methyl sites for hydroxylation is 1. The molecular formula is C22H31N5O. The lowest BCUT2D eigenvalue weighted by Crippen LogP contribution is -2.41. The Bertz CT molecular complexity index is 841. The van der Waals surface area contributed by atoms with Gasteiger partial charge in [0.1, 0.15) is 11.6 Å². The van der Waals surface area contributed by atoms with Crippen molar-refractivity contribution in [2.45, 2.75) is 76.8 Å². The van der Waals surface area contributed by atoms with Gasteiger partial charge < -0.3 is 15.2 Å². The summed E-state index contributed by atoms with van der Waals surface area (Å²) >= 11 is 0. The summed E-state index contributed by atoms with van der Waals surface area (Å²) in [7, 11) is 0. The Morgan fingerprint density at radius 3 is 2.96 bits per heavy atom. The molecule has 0 radical (unpaired) electrons. The molecule has 0 fully saturated rings. The number of carbonyl (C=O) groups excluding carboxylic acids is 1. The maximum atomic E-state index is 12.5. The van der Waals surface area contributed by atoms with Crippen LogP contribution in [0.3, 0.4) is 0 Å². The summed E-state index contributed by atoms with van der Waals surface area (Å²) in [5.41, 5.74) is 2.76. The molecule has 2 aromatic rings. The Kier molecular flexibility index (Phi) is 5.38. The number of urea groups is 1. The maximum Gasteiger partial charge on any atom is 0.315 e. The number of hydrogen-bond acceptors (Lipinski definition) is 3. The standard InChI is InChI=1S/C22H31N5O/c1-22(2)13-11-18(16-8-5-6-9-17(16)22)24-21(28)23-14-12-20-26-25-19-10-4-3-7-15-27(19)20/h5-6,8-9,18H,3-4,7,10-15H2,1-2H3,(H2,23,24,28). The first-order valence-electron chi connectivity index (χ1n) is 10.6. The van der Waals surface area contributed by atoms with Gasteiger partial charge in [-0.05, 0) is 42.2 Å². The second kappa shape index (κ2) is 7.94. The van der Waals surface area contributed by atoms with Crippen LogP contribution in [0.2, 0.25) is 0 Å². The van der Waals surface area contributed by atoms with Crippen molar-refractivity contribution in [3.05, 3.63) is 47.0 Å². The number of nitrogens with zero attached hydrogens (tertiary/aromatic N) is 3. The SMILES string of the molecule is CC1(C)CCC(NC(=O)NCCc2nnc3n2CCCCC3)c2ccccc21. The number of fused-ring (bicyclic) bond motifs is 2. The third-order valence-corrected chi connectivity index (χ3v) is 6.25. The zero-order chi connectivity index (χ0) is 19.6. The Morgan fingerprint density at radius 1 is 1.21 bits per heavy atom. The molecule has 1 unspecified atom stereocenters. The Morgan fingerprint density at radius 2 is 2.07 bits per heavy atom. The lowest BCUT2D eigenvalue weighted by Gasteiger charge is -2.37. The van der Waals surface area contributed by atoms with E-state index in [1.165, 1.54) is 30.4 Å². The molecule has 0 spiro atoms. The summed E-state index contributed by atoms with van der Waals surface area (Å²) in [4.78, 5) is 12.5. The monoisotopic (exact) mass is 381 g/mol. The van der Waals surface area contributed by atoms with Gasteiger partial charge in [0, 0.05) is 25.9 Å². The molecule has 2 aliphatic rings. The molecule has 1 aliphatic carbocycles. The van der Waals surface area contributed by atoms with Crippen LogP contribution in [-0.2, 0) is 24.8 Å². The molecule has 4 rings (SSSR count). The predicted octanol–water partition coefficient (Wildman–Crippen LogP) is 3.66. The maximum absolute atomic E-state index is 12.5. The lowest BCUT2D eigenvalue weighted by molar-refractivity contribution is 0.233. The average molecular weight is 382 g/mol. The quantitative estimate of drug-likeness (QED) is 0.849. The Labute approximate surface area is 167 Å². The first-order valence-corrected chi connectivity index (χ1v) is 10.6. The van der Waals surface area contributed by atoms with E-state index in [-0.39, 0.29) is 17.5 Å². The minimum absolute atomic E-state index is 0.0774. The number of rotatable bonds is 4. The molecule has 1 aliphatic heterocycles. The molecule has 2 N–H and O–H groups in total. The van der Waals surface area contributed by atoms with Gasteiger partial charge >= 0.3 is 6.03 Å². The van der Waals surface area contributed by atoms with Crippen molar-refractivity contribution in [1.29, 1.82) is 0 Å². The van der Waals surface area contributed by atoms with Crippen molar-refractivity contribution in [3.8, 4) is 0 Å². The highest BCUT2D eigenvalue weighted by Crippen LogP contribution is 2.41. The summed E-state index contributed by atoms with van der Waals surface area (Å²) in [5, 5.41) is 14.9. The van der Waals surface area contributed by atoms with E-state index in [1.807, 2.05) is 0 Å². The average Bonchev–Trinajstić information content (AvgIpc) is 2.91. The van der Waals surface area contributed by atoms with E-state index >= 15 is 0 Å². The van der Waals surface area contributed by atoms with Gasteiger partial charge in [-0.15, -0.1) is 10.2 Å². The lowest BCUT2D eigenvalue weighted by atomic mass is 9.71. The van der Waals surface area contributed by atoms with E-state index in [9.17, 15) is 4.79 Å². The largest absolute Gasteiger partial charge is 0.338 e. The minimum Gasteiger partial charge on any atom is -0.338 e. The topological polar surface area (TPSA) is 71.8 Å². The zero-order valence-electron chi connectivity index (χ0n) is 17.0. The normalized spacial score (nSPS) is 20.6. The molecule has 1 aromatic carbocycles.